The summed E-state index contributed by atoms with van der Waals surface area (Å²) in [6.07, 6.45) is -3.46. The first-order valence-corrected chi connectivity index (χ1v) is 34.0. The van der Waals surface area contributed by atoms with Gasteiger partial charge >= 0.3 is 17.9 Å². The van der Waals surface area contributed by atoms with Crippen molar-refractivity contribution < 1.29 is 102 Å². The maximum absolute atomic E-state index is 14.7. The van der Waals surface area contributed by atoms with E-state index in [1.54, 1.807) is 60.8 Å². The zero-order valence-corrected chi connectivity index (χ0v) is 58.5. The number of esters is 1. The Labute approximate surface area is 598 Å². The maximum atomic E-state index is 14.7. The van der Waals surface area contributed by atoms with Crippen LogP contribution in [0, 0.1) is 11.8 Å². The number of hydrogen-bond acceptors (Lipinski definition) is 21. The molecule has 37 heteroatoms. The number of primary amides is 1. The Morgan fingerprint density at radius 2 is 1.10 bits per heavy atom. The minimum Gasteiger partial charge on any atom is -0.481 e. The van der Waals surface area contributed by atoms with Gasteiger partial charge in [0.1, 0.15) is 66.5 Å². The van der Waals surface area contributed by atoms with E-state index < -0.39 is 232 Å². The number of nitrogens with one attached hydrogen (secondary N) is 13. The van der Waals surface area contributed by atoms with Crippen LogP contribution in [0.25, 0.3) is 10.9 Å². The predicted octanol–water partition coefficient (Wildman–Crippen LogP) is -5.49. The van der Waals surface area contributed by atoms with Gasteiger partial charge in [-0.25, -0.2) is 4.79 Å². The Morgan fingerprint density at radius 1 is 0.596 bits per heavy atom. The Morgan fingerprint density at radius 3 is 1.63 bits per heavy atom. The number of H-pyrrole nitrogens is 1. The van der Waals surface area contributed by atoms with Crippen molar-refractivity contribution in [3.05, 3.63) is 71.9 Å². The van der Waals surface area contributed by atoms with Crippen LogP contribution in [-0.4, -0.2) is 226 Å². The molecule has 1 fully saturated rings. The molecule has 1 aliphatic rings. The van der Waals surface area contributed by atoms with Crippen molar-refractivity contribution >= 4 is 106 Å². The zero-order chi connectivity index (χ0) is 77.3. The average molecular weight is 1460 g/mol. The first-order valence-electron chi connectivity index (χ1n) is 34.0. The number of carboxylic acid groups (broad SMARTS) is 2. The van der Waals surface area contributed by atoms with Gasteiger partial charge in [-0.15, -0.1) is 0 Å². The summed E-state index contributed by atoms with van der Waals surface area (Å²) in [5.41, 5.74) is 18.7. The van der Waals surface area contributed by atoms with Crippen LogP contribution in [0.3, 0.4) is 0 Å². The number of aromatic nitrogens is 1. The summed E-state index contributed by atoms with van der Waals surface area (Å²) in [4.78, 5) is 223. The monoisotopic (exact) mass is 1460 g/mol. The second-order valence-corrected chi connectivity index (χ2v) is 25.6. The number of carbonyl (C=O) groups excluding carboxylic acids is 14. The van der Waals surface area contributed by atoms with Gasteiger partial charge in [-0.1, -0.05) is 102 Å². The molecule has 0 bridgehead atoms. The van der Waals surface area contributed by atoms with Crippen LogP contribution in [-0.2, 0) is 94.3 Å². The predicted molar refractivity (Wildman–Crippen MR) is 369 cm³/mol. The Kier molecular flexibility index (Phi) is 35.7. The summed E-state index contributed by atoms with van der Waals surface area (Å²) in [6.45, 7) is 4.34. The lowest BCUT2D eigenvalue weighted by Gasteiger charge is -2.30. The van der Waals surface area contributed by atoms with Gasteiger partial charge < -0.3 is 111 Å². The van der Waals surface area contributed by atoms with Crippen molar-refractivity contribution in [2.24, 2.45) is 29.0 Å². The van der Waals surface area contributed by atoms with Crippen molar-refractivity contribution in [3.63, 3.8) is 0 Å². The van der Waals surface area contributed by atoms with Crippen LogP contribution in [0.15, 0.2) is 60.8 Å². The molecule has 1 aromatic heterocycles. The molecule has 13 atom stereocenters. The third-order valence-electron chi connectivity index (χ3n) is 16.8. The van der Waals surface area contributed by atoms with Crippen LogP contribution in [0.1, 0.15) is 116 Å². The van der Waals surface area contributed by atoms with E-state index in [4.69, 9.17) is 21.9 Å². The molecule has 0 spiro atoms. The molecule has 3 aromatic rings. The normalized spacial score (nSPS) is 23.2. The number of carboxylic acids is 2. The van der Waals surface area contributed by atoms with Gasteiger partial charge in [0.25, 0.3) is 0 Å². The number of carbonyl (C=O) groups is 16. The minimum absolute atomic E-state index is 0.219. The van der Waals surface area contributed by atoms with Crippen LogP contribution < -0.4 is 81.0 Å². The second kappa shape index (κ2) is 43.3. The lowest BCUT2D eigenvalue weighted by Crippen LogP contribution is -2.62. The number of aliphatic hydroxyl groups is 2. The lowest BCUT2D eigenvalue weighted by molar-refractivity contribution is -0.156. The van der Waals surface area contributed by atoms with Crippen LogP contribution >= 0.6 is 0 Å². The van der Waals surface area contributed by atoms with Crippen molar-refractivity contribution in [2.75, 3.05) is 32.8 Å². The number of fused-ring (bicyclic) bond motifs is 1. The van der Waals surface area contributed by atoms with E-state index in [2.05, 4.69) is 70.4 Å². The topological polar surface area (TPSA) is 601 Å². The fraction of sp³-hybridized carbons (Fsp3) is 0.552. The number of benzene rings is 2. The standard InChI is InChI=1S/C67H98N16O21/c1-6-35(4)14-10-11-17-39(85)26-51(87)76-49(33-84)64(100)83-57-36(5)104-67(103)48(24-37-15-8-7-9-16-37)81-61(97)43(21-23-69)77-65(101)56(34(2)3)82-63(99)44(25-38-30-71-41-19-13-12-18-40(38)41)74-52(88)31-72-59(95)47(29-55(92)93)80-62(98)45(27-50(70)86)75-53(89)32-73-58(94)46(28-54(90)91)79-60(96)42(20-22-68)78-66(57)102/h7-9,12-13,15-16,18-19,30,34-36,39,42-49,56-57,71,84-85H,6,10-11,14,17,20-29,31-33,68-69H2,1-5H3,(H2,70,86)(H,72,95)(H,73,94)(H,74,88)(H,75,89)(H,76,87)(H,77,101)(H,78,102)(H,79,96)(H,80,98)(H,81,97)(H,82,99)(H,83,100)(H,90,91)(H,92,93)/t35?,36-,39?,42-,43+,44+,45-,46+,47-,48+,49-,56+,57+/m1/s1. The molecular formula is C67H98N16O21. The number of hydrogen-bond donors (Lipinski definition) is 20. The van der Waals surface area contributed by atoms with Crippen molar-refractivity contribution in [1.82, 2.24) is 68.8 Å². The number of para-hydroxylation sites is 1. The first kappa shape index (κ1) is 85.8. The quantitative estimate of drug-likeness (QED) is 0.0250. The van der Waals surface area contributed by atoms with Gasteiger partial charge in [-0.05, 0) is 68.3 Å². The molecule has 23 N–H and O–H groups in total. The summed E-state index contributed by atoms with van der Waals surface area (Å²) in [5, 5.41) is 69.0. The van der Waals surface area contributed by atoms with Crippen molar-refractivity contribution in [2.45, 2.75) is 191 Å². The molecule has 37 nitrogen and oxygen atoms in total. The molecule has 2 aromatic carbocycles. The van der Waals surface area contributed by atoms with Crippen LogP contribution in [0.5, 0.6) is 0 Å². The highest BCUT2D eigenvalue weighted by Crippen LogP contribution is 2.21. The summed E-state index contributed by atoms with van der Waals surface area (Å²) in [6, 6.07) is -3.55. The highest BCUT2D eigenvalue weighted by atomic mass is 16.5. The SMILES string of the molecule is CCC(C)CCCCC(O)CC(=O)N[C@H](CO)C(=O)N[C@@H]1C(=O)N[C@H](CCN)C(=O)N[C@@H](CC(=O)O)C(=O)NCC(=O)N[C@H](CC(N)=O)C(=O)N[C@H](CC(=O)O)C(=O)NCC(=O)N[C@@H](Cc2c[nH]c3ccccc23)C(=O)N[C@@H](C(C)C)C(=O)N[C@@H](CCN)C(=O)N[C@@H](Cc2ccccc2)C(=O)O[C@@H]1C. The Hall–Kier alpha value is -10.7. The van der Waals surface area contributed by atoms with E-state index in [0.717, 1.165) is 26.2 Å². The highest BCUT2D eigenvalue weighted by molar-refractivity contribution is 6.01. The molecule has 1 aliphatic heterocycles. The fourth-order valence-corrected chi connectivity index (χ4v) is 10.8. The van der Waals surface area contributed by atoms with Gasteiger partial charge in [0, 0.05) is 29.9 Å². The van der Waals surface area contributed by atoms with Gasteiger partial charge in [0.15, 0.2) is 0 Å². The van der Waals surface area contributed by atoms with Crippen LogP contribution in [0.2, 0.25) is 0 Å². The number of cyclic esters (lactones) is 1. The third-order valence-corrected chi connectivity index (χ3v) is 16.8. The van der Waals surface area contributed by atoms with Gasteiger partial charge in [-0.3, -0.25) is 71.9 Å². The highest BCUT2D eigenvalue weighted by Gasteiger charge is 2.40. The molecule has 0 saturated carbocycles. The van der Waals surface area contributed by atoms with E-state index in [1.807, 2.05) is 12.2 Å². The molecule has 0 aliphatic carbocycles. The zero-order valence-electron chi connectivity index (χ0n) is 58.5. The molecule has 2 unspecified atom stereocenters. The van der Waals surface area contributed by atoms with E-state index in [0.29, 0.717) is 34.4 Å². The number of nitrogens with two attached hydrogens (primary N) is 3. The number of aromatic amines is 1. The van der Waals surface area contributed by atoms with E-state index in [1.165, 1.54) is 13.8 Å². The lowest BCUT2D eigenvalue weighted by atomic mass is 9.99. The van der Waals surface area contributed by atoms with E-state index in [9.17, 15) is 97.1 Å². The smallest absolute Gasteiger partial charge is 0.329 e. The number of amides is 13. The molecule has 4 rings (SSSR count). The van der Waals surface area contributed by atoms with Crippen molar-refractivity contribution in [1.29, 1.82) is 0 Å². The molecular weight excluding hydrogens is 1360 g/mol. The number of ether oxygens (including phenoxy) is 1. The summed E-state index contributed by atoms with van der Waals surface area (Å²) < 4.78 is 5.86. The maximum Gasteiger partial charge on any atom is 0.329 e. The summed E-state index contributed by atoms with van der Waals surface area (Å²) in [7, 11) is 0. The minimum atomic E-state index is -2.14. The number of unbranched alkanes of at least 4 members (excludes halogenated alkanes) is 1. The van der Waals surface area contributed by atoms with Gasteiger partial charge in [0.2, 0.25) is 76.8 Å². The first-order chi connectivity index (χ1) is 49.3. The average Bonchev–Trinajstić information content (AvgIpc) is 1.62. The number of aliphatic hydroxyl groups excluding tert-OH is 2. The molecule has 104 heavy (non-hydrogen) atoms. The van der Waals surface area contributed by atoms with Crippen molar-refractivity contribution in [3.8, 4) is 0 Å². The molecule has 1 saturated heterocycles. The Balaban J connectivity index is 1.85. The fourth-order valence-electron chi connectivity index (χ4n) is 10.8. The second-order valence-electron chi connectivity index (χ2n) is 25.6. The summed E-state index contributed by atoms with van der Waals surface area (Å²) in [5.74, 6) is -20.6. The molecule has 2 heterocycles. The van der Waals surface area contributed by atoms with Crippen LogP contribution in [0.4, 0.5) is 0 Å². The molecule has 13 amide bonds. The largest absolute Gasteiger partial charge is 0.481 e. The van der Waals surface area contributed by atoms with Gasteiger partial charge in [-0.2, -0.15) is 0 Å². The number of aliphatic carboxylic acids is 2. The van der Waals surface area contributed by atoms with Gasteiger partial charge in [0.05, 0.1) is 51.5 Å². The third kappa shape index (κ3) is 29.0. The van der Waals surface area contributed by atoms with E-state index in [-0.39, 0.29) is 32.2 Å². The summed E-state index contributed by atoms with van der Waals surface area (Å²) >= 11 is 0. The molecule has 572 valence electrons. The van der Waals surface area contributed by atoms with E-state index >= 15 is 0 Å². The molecule has 0 radical (unpaired) electrons. The number of rotatable bonds is 27. The Bertz CT molecular complexity index is 3500.